The summed E-state index contributed by atoms with van der Waals surface area (Å²) in [6.45, 7) is -0.561. The molecule has 1 heterocycles. The van der Waals surface area contributed by atoms with Gasteiger partial charge in [-0.05, 0) is 40.8 Å². The Morgan fingerprint density at radius 2 is 1.33 bits per heavy atom. The summed E-state index contributed by atoms with van der Waals surface area (Å²) >= 11 is 0. The topological polar surface area (TPSA) is 53.2 Å². The van der Waals surface area contributed by atoms with Crippen LogP contribution < -0.4 is 5.56 Å². The highest BCUT2D eigenvalue weighted by molar-refractivity contribution is 6.08. The fourth-order valence-electron chi connectivity index (χ4n) is 3.99. The highest BCUT2D eigenvalue weighted by Crippen LogP contribution is 2.37. The number of amides is 1. The third-order valence-electron chi connectivity index (χ3n) is 5.62. The number of rotatable bonds is 4. The molecule has 186 valence electrons. The molecule has 0 spiro atoms. The van der Waals surface area contributed by atoms with Crippen molar-refractivity contribution in [3.05, 3.63) is 106 Å². The maximum absolute atomic E-state index is 13.4. The summed E-state index contributed by atoms with van der Waals surface area (Å²) in [5.41, 5.74) is -3.01. The van der Waals surface area contributed by atoms with Crippen molar-refractivity contribution in [2.45, 2.75) is 18.9 Å². The third-order valence-corrected chi connectivity index (χ3v) is 5.62. The largest absolute Gasteiger partial charge is 0.416 e. The Bertz CT molecular complexity index is 1460. The zero-order chi connectivity index (χ0) is 26.3. The average molecular weight is 504 g/mol. The van der Waals surface area contributed by atoms with Crippen LogP contribution in [0.25, 0.3) is 21.9 Å². The lowest BCUT2D eigenvalue weighted by atomic mass is 9.96. The zero-order valence-corrected chi connectivity index (χ0v) is 18.7. The van der Waals surface area contributed by atoms with Crippen molar-refractivity contribution in [1.82, 2.24) is 9.88 Å². The Kier molecular flexibility index (Phi) is 6.38. The van der Waals surface area contributed by atoms with E-state index in [1.807, 2.05) is 0 Å². The molecule has 0 aliphatic rings. The number of hydrogen-bond donors (Lipinski definition) is 1. The van der Waals surface area contributed by atoms with E-state index in [9.17, 15) is 35.9 Å². The molecule has 4 nitrogen and oxygen atoms in total. The molecule has 0 aliphatic carbocycles. The van der Waals surface area contributed by atoms with Gasteiger partial charge in [-0.25, -0.2) is 0 Å². The summed E-state index contributed by atoms with van der Waals surface area (Å²) in [6.07, 6.45) is -10.0. The van der Waals surface area contributed by atoms with Crippen LogP contribution in [0.1, 0.15) is 27.2 Å². The summed E-state index contributed by atoms with van der Waals surface area (Å²) in [6, 6.07) is 16.4. The summed E-state index contributed by atoms with van der Waals surface area (Å²) < 4.78 is 79.5. The van der Waals surface area contributed by atoms with Gasteiger partial charge >= 0.3 is 12.4 Å². The Morgan fingerprint density at radius 3 is 1.89 bits per heavy atom. The number of aromatic nitrogens is 1. The van der Waals surface area contributed by atoms with E-state index in [4.69, 9.17) is 0 Å². The first kappa shape index (κ1) is 25.0. The molecule has 1 aromatic heterocycles. The van der Waals surface area contributed by atoms with Crippen molar-refractivity contribution in [3.8, 4) is 11.1 Å². The number of nitrogens with one attached hydrogen (secondary N) is 1. The molecule has 1 amide bonds. The minimum absolute atomic E-state index is 0.0274. The van der Waals surface area contributed by atoms with Crippen molar-refractivity contribution in [2.24, 2.45) is 0 Å². The number of hydrogen-bond acceptors (Lipinski definition) is 2. The number of carbonyl (C=O) groups is 1. The molecule has 36 heavy (non-hydrogen) atoms. The molecule has 0 aliphatic heterocycles. The number of fused-ring (bicyclic) bond motifs is 1. The Labute approximate surface area is 200 Å². The number of benzene rings is 3. The predicted octanol–water partition coefficient (Wildman–Crippen LogP) is 6.50. The van der Waals surface area contributed by atoms with Crippen molar-refractivity contribution >= 4 is 16.7 Å². The number of nitrogens with zero attached hydrogens (tertiary/aromatic N) is 1. The molecular formula is C26H18F6N2O2. The third kappa shape index (κ3) is 4.98. The maximum Gasteiger partial charge on any atom is 0.416 e. The molecule has 0 atom stereocenters. The maximum atomic E-state index is 13.4. The zero-order valence-electron chi connectivity index (χ0n) is 18.7. The van der Waals surface area contributed by atoms with E-state index >= 15 is 0 Å². The quantitative estimate of drug-likeness (QED) is 0.323. The normalized spacial score (nSPS) is 12.1. The number of aromatic amines is 1. The van der Waals surface area contributed by atoms with Crippen LogP contribution in [0.15, 0.2) is 77.6 Å². The first-order valence-electron chi connectivity index (χ1n) is 10.6. The summed E-state index contributed by atoms with van der Waals surface area (Å²) in [4.78, 5) is 29.6. The Balaban J connectivity index is 1.80. The second kappa shape index (κ2) is 9.18. The first-order valence-corrected chi connectivity index (χ1v) is 10.6. The van der Waals surface area contributed by atoms with E-state index in [1.165, 1.54) is 7.05 Å². The lowest BCUT2D eigenvalue weighted by Crippen LogP contribution is -2.30. The van der Waals surface area contributed by atoms with Crippen molar-refractivity contribution in [3.63, 3.8) is 0 Å². The predicted molar refractivity (Wildman–Crippen MR) is 122 cm³/mol. The molecule has 4 rings (SSSR count). The van der Waals surface area contributed by atoms with Gasteiger partial charge in [0.15, 0.2) is 0 Å². The van der Waals surface area contributed by atoms with Crippen LogP contribution in [0.4, 0.5) is 26.3 Å². The number of H-pyrrole nitrogens is 1. The molecule has 0 unspecified atom stereocenters. The molecule has 0 fully saturated rings. The number of pyridine rings is 1. The fraction of sp³-hybridized carbons (Fsp3) is 0.154. The van der Waals surface area contributed by atoms with Gasteiger partial charge in [-0.2, -0.15) is 26.3 Å². The minimum atomic E-state index is -5.01. The van der Waals surface area contributed by atoms with Crippen LogP contribution in [-0.2, 0) is 18.9 Å². The lowest BCUT2D eigenvalue weighted by Gasteiger charge is -2.21. The van der Waals surface area contributed by atoms with Gasteiger partial charge in [0.05, 0.1) is 11.1 Å². The molecule has 0 saturated heterocycles. The first-order chi connectivity index (χ1) is 16.9. The van der Waals surface area contributed by atoms with Gasteiger partial charge in [-0.3, -0.25) is 9.59 Å². The molecule has 0 radical (unpaired) electrons. The highest BCUT2D eigenvalue weighted by atomic mass is 19.4. The van der Waals surface area contributed by atoms with Crippen LogP contribution >= 0.6 is 0 Å². The van der Waals surface area contributed by atoms with E-state index < -0.39 is 41.5 Å². The summed E-state index contributed by atoms with van der Waals surface area (Å²) in [5, 5.41) is 0.797. The fourth-order valence-corrected chi connectivity index (χ4v) is 3.99. The molecule has 4 aromatic rings. The second-order valence-electron chi connectivity index (χ2n) is 8.19. The molecule has 0 bridgehead atoms. The number of carbonyl (C=O) groups excluding carboxylic acids is 1. The molecule has 3 aromatic carbocycles. The van der Waals surface area contributed by atoms with Gasteiger partial charge in [0.2, 0.25) is 0 Å². The SMILES string of the molecule is CN(Cc1cc(C(F)(F)F)cc(C(F)(F)F)c1)C(=O)c1[nH]c(=O)c2ccccc2c1-c1ccccc1. The molecule has 1 N–H and O–H groups in total. The van der Waals surface area contributed by atoms with Gasteiger partial charge in [0, 0.05) is 24.5 Å². The molecular weight excluding hydrogens is 486 g/mol. The number of alkyl halides is 6. The molecule has 10 heteroatoms. The van der Waals surface area contributed by atoms with Crippen molar-refractivity contribution in [1.29, 1.82) is 0 Å². The monoisotopic (exact) mass is 504 g/mol. The van der Waals surface area contributed by atoms with E-state index in [0.29, 0.717) is 34.0 Å². The van der Waals surface area contributed by atoms with Crippen molar-refractivity contribution < 1.29 is 31.1 Å². The van der Waals surface area contributed by atoms with Gasteiger partial charge in [0.25, 0.3) is 11.5 Å². The van der Waals surface area contributed by atoms with E-state index in [0.717, 1.165) is 4.90 Å². The number of halogens is 6. The summed E-state index contributed by atoms with van der Waals surface area (Å²) in [5.74, 6) is -0.775. The highest BCUT2D eigenvalue weighted by Gasteiger charge is 2.37. The Morgan fingerprint density at radius 1 is 0.806 bits per heavy atom. The van der Waals surface area contributed by atoms with E-state index in [2.05, 4.69) is 4.98 Å². The smallest absolute Gasteiger partial charge is 0.336 e. The van der Waals surface area contributed by atoms with E-state index in [1.54, 1.807) is 54.6 Å². The van der Waals surface area contributed by atoms with Crippen LogP contribution in [0.5, 0.6) is 0 Å². The Hall–Kier alpha value is -4.08. The van der Waals surface area contributed by atoms with Crippen LogP contribution in [0, 0.1) is 0 Å². The minimum Gasteiger partial charge on any atom is -0.336 e. The van der Waals surface area contributed by atoms with E-state index in [-0.39, 0.29) is 17.3 Å². The summed E-state index contributed by atoms with van der Waals surface area (Å²) in [7, 11) is 1.23. The lowest BCUT2D eigenvalue weighted by molar-refractivity contribution is -0.143. The van der Waals surface area contributed by atoms with Gasteiger partial charge in [0.1, 0.15) is 5.69 Å². The van der Waals surface area contributed by atoms with Gasteiger partial charge < -0.3 is 9.88 Å². The second-order valence-corrected chi connectivity index (χ2v) is 8.19. The van der Waals surface area contributed by atoms with Gasteiger partial charge in [-0.1, -0.05) is 48.5 Å². The average Bonchev–Trinajstić information content (AvgIpc) is 2.82. The van der Waals surface area contributed by atoms with Crippen molar-refractivity contribution in [2.75, 3.05) is 7.05 Å². The van der Waals surface area contributed by atoms with Crippen LogP contribution in [0.3, 0.4) is 0 Å². The standard InChI is InChI=1S/C26H18F6N2O2/c1-34(14-15-11-17(25(27,28)29)13-18(12-15)26(30,31)32)24(36)22-21(16-7-3-2-4-8-16)19-9-5-6-10-20(19)23(35)33-22/h2-13H,14H2,1H3,(H,33,35). The molecule has 0 saturated carbocycles. The van der Waals surface area contributed by atoms with Crippen LogP contribution in [-0.4, -0.2) is 22.8 Å². The van der Waals surface area contributed by atoms with Crippen LogP contribution in [0.2, 0.25) is 0 Å². The van der Waals surface area contributed by atoms with Gasteiger partial charge in [-0.15, -0.1) is 0 Å².